The first-order valence-corrected chi connectivity index (χ1v) is 10.2. The summed E-state index contributed by atoms with van der Waals surface area (Å²) in [5.74, 6) is 1.14. The van der Waals surface area contributed by atoms with E-state index in [0.717, 1.165) is 0 Å². The molecule has 2 atom stereocenters. The van der Waals surface area contributed by atoms with Crippen LogP contribution in [0.5, 0.6) is 11.5 Å². The van der Waals surface area contributed by atoms with E-state index in [-0.39, 0.29) is 17.9 Å². The van der Waals surface area contributed by atoms with Gasteiger partial charge in [-0.2, -0.15) is 0 Å². The Labute approximate surface area is 184 Å². The van der Waals surface area contributed by atoms with Gasteiger partial charge in [0.05, 0.1) is 31.8 Å². The fraction of sp³-hybridized carbons (Fsp3) is 0.364. The minimum absolute atomic E-state index is 0.0377. The molecular weight excluding hydrogens is 414 g/mol. The van der Waals surface area contributed by atoms with Crippen LogP contribution in [0.25, 0.3) is 11.0 Å². The Kier molecular flexibility index (Phi) is 5.95. The first-order valence-electron chi connectivity index (χ1n) is 10.2. The SMILES string of the molecule is COc1ccc(C(=O)Nc2cc3c(N4C[C@H](C)O[C@@H](C)C4)ncnc3[nH]c2=O)cc1OC. The Morgan fingerprint density at radius 1 is 1.12 bits per heavy atom. The number of carbonyl (C=O) groups excluding carboxylic acids is 1. The number of fused-ring (bicyclic) bond motifs is 1. The predicted octanol–water partition coefficient (Wildman–Crippen LogP) is 2.20. The van der Waals surface area contributed by atoms with Crippen LogP contribution >= 0.6 is 0 Å². The molecule has 10 heteroatoms. The lowest BCUT2D eigenvalue weighted by atomic mass is 10.1. The van der Waals surface area contributed by atoms with Gasteiger partial charge in [-0.05, 0) is 38.1 Å². The van der Waals surface area contributed by atoms with Crippen LogP contribution in [0.15, 0.2) is 35.4 Å². The Bertz CT molecular complexity index is 1200. The molecule has 32 heavy (non-hydrogen) atoms. The van der Waals surface area contributed by atoms with Crippen molar-refractivity contribution in [2.45, 2.75) is 26.1 Å². The van der Waals surface area contributed by atoms with Crippen molar-refractivity contribution in [3.8, 4) is 11.5 Å². The number of hydrogen-bond donors (Lipinski definition) is 2. The molecule has 0 spiro atoms. The summed E-state index contributed by atoms with van der Waals surface area (Å²) in [6.07, 6.45) is 1.49. The molecule has 1 saturated heterocycles. The molecule has 4 rings (SSSR count). The largest absolute Gasteiger partial charge is 0.493 e. The highest BCUT2D eigenvalue weighted by Gasteiger charge is 2.25. The Morgan fingerprint density at radius 2 is 1.84 bits per heavy atom. The highest BCUT2D eigenvalue weighted by molar-refractivity contribution is 6.05. The van der Waals surface area contributed by atoms with Crippen molar-refractivity contribution in [3.63, 3.8) is 0 Å². The van der Waals surface area contributed by atoms with Gasteiger partial charge in [-0.1, -0.05) is 0 Å². The standard InChI is InChI=1S/C22H25N5O5/c1-12-9-27(10-13(2)32-12)20-15-8-16(22(29)26-19(15)23-11-24-20)25-21(28)14-5-6-17(30-3)18(7-14)31-4/h5-8,11-13H,9-10H2,1-4H3,(H,25,28)(H,23,24,26,29)/t12-,13-/m0/s1. The third kappa shape index (κ3) is 4.22. The molecule has 1 aliphatic heterocycles. The van der Waals surface area contributed by atoms with E-state index in [1.165, 1.54) is 20.5 Å². The van der Waals surface area contributed by atoms with Crippen LogP contribution in [0.3, 0.4) is 0 Å². The molecule has 2 N–H and O–H groups in total. The number of anilines is 2. The molecule has 1 aromatic carbocycles. The van der Waals surface area contributed by atoms with Crippen LogP contribution in [0.2, 0.25) is 0 Å². The van der Waals surface area contributed by atoms with Gasteiger partial charge in [-0.3, -0.25) is 9.59 Å². The number of rotatable bonds is 5. The summed E-state index contributed by atoms with van der Waals surface area (Å²) < 4.78 is 16.3. The quantitative estimate of drug-likeness (QED) is 0.621. The minimum Gasteiger partial charge on any atom is -0.493 e. The second-order valence-electron chi connectivity index (χ2n) is 7.66. The van der Waals surface area contributed by atoms with E-state index in [1.807, 2.05) is 13.8 Å². The van der Waals surface area contributed by atoms with E-state index in [0.29, 0.717) is 47.0 Å². The number of aromatic amines is 1. The molecule has 3 heterocycles. The van der Waals surface area contributed by atoms with E-state index in [9.17, 15) is 9.59 Å². The summed E-state index contributed by atoms with van der Waals surface area (Å²) in [7, 11) is 3.00. The van der Waals surface area contributed by atoms with Gasteiger partial charge in [-0.15, -0.1) is 0 Å². The Hall–Kier alpha value is -3.66. The molecule has 1 aliphatic rings. The summed E-state index contributed by atoms with van der Waals surface area (Å²) in [4.78, 5) is 38.9. The first-order chi connectivity index (χ1) is 15.4. The number of H-pyrrole nitrogens is 1. The van der Waals surface area contributed by atoms with Crippen molar-refractivity contribution in [2.24, 2.45) is 0 Å². The molecule has 2 aromatic heterocycles. The molecule has 0 aliphatic carbocycles. The number of ether oxygens (including phenoxy) is 3. The monoisotopic (exact) mass is 439 g/mol. The van der Waals surface area contributed by atoms with Gasteiger partial charge in [0.15, 0.2) is 11.5 Å². The maximum atomic E-state index is 12.8. The zero-order valence-electron chi connectivity index (χ0n) is 18.3. The highest BCUT2D eigenvalue weighted by atomic mass is 16.5. The summed E-state index contributed by atoms with van der Waals surface area (Å²) in [6, 6.07) is 6.38. The van der Waals surface area contributed by atoms with Crippen LogP contribution in [0, 0.1) is 0 Å². The van der Waals surface area contributed by atoms with Gasteiger partial charge in [0.25, 0.3) is 11.5 Å². The predicted molar refractivity (Wildman–Crippen MR) is 120 cm³/mol. The molecule has 0 saturated carbocycles. The molecule has 168 valence electrons. The summed E-state index contributed by atoms with van der Waals surface area (Å²) in [6.45, 7) is 5.32. The number of nitrogens with zero attached hydrogens (tertiary/aromatic N) is 3. The Morgan fingerprint density at radius 3 is 2.53 bits per heavy atom. The van der Waals surface area contributed by atoms with Crippen LogP contribution in [0.1, 0.15) is 24.2 Å². The zero-order chi connectivity index (χ0) is 22.8. The molecule has 0 radical (unpaired) electrons. The van der Waals surface area contributed by atoms with E-state index in [4.69, 9.17) is 14.2 Å². The van der Waals surface area contributed by atoms with Gasteiger partial charge in [0, 0.05) is 18.7 Å². The maximum absolute atomic E-state index is 12.8. The molecule has 10 nitrogen and oxygen atoms in total. The van der Waals surface area contributed by atoms with Crippen molar-refractivity contribution in [1.29, 1.82) is 0 Å². The number of amides is 1. The number of aromatic nitrogens is 3. The van der Waals surface area contributed by atoms with Gasteiger partial charge in [0.2, 0.25) is 0 Å². The lowest BCUT2D eigenvalue weighted by Gasteiger charge is -2.36. The molecule has 0 unspecified atom stereocenters. The summed E-state index contributed by atoms with van der Waals surface area (Å²) in [5.41, 5.74) is 0.362. The summed E-state index contributed by atoms with van der Waals surface area (Å²) >= 11 is 0. The first kappa shape index (κ1) is 21.6. The number of carbonyl (C=O) groups is 1. The van der Waals surface area contributed by atoms with Crippen LogP contribution in [-0.4, -0.2) is 60.4 Å². The highest BCUT2D eigenvalue weighted by Crippen LogP contribution is 2.29. The van der Waals surface area contributed by atoms with Crippen LogP contribution in [-0.2, 0) is 4.74 Å². The van der Waals surface area contributed by atoms with Crippen molar-refractivity contribution in [3.05, 3.63) is 46.5 Å². The van der Waals surface area contributed by atoms with Gasteiger partial charge in [0.1, 0.15) is 23.5 Å². The molecule has 3 aromatic rings. The fourth-order valence-electron chi connectivity index (χ4n) is 3.87. The summed E-state index contributed by atoms with van der Waals surface area (Å²) in [5, 5.41) is 3.31. The lowest BCUT2D eigenvalue weighted by Crippen LogP contribution is -2.46. The van der Waals surface area contributed by atoms with E-state index in [2.05, 4.69) is 25.2 Å². The maximum Gasteiger partial charge on any atom is 0.273 e. The number of pyridine rings is 1. The molecule has 1 amide bonds. The number of benzene rings is 1. The van der Waals surface area contributed by atoms with Crippen molar-refractivity contribution in [1.82, 2.24) is 15.0 Å². The molecule has 0 bridgehead atoms. The second kappa shape index (κ2) is 8.83. The molecule has 1 fully saturated rings. The average molecular weight is 439 g/mol. The average Bonchev–Trinajstić information content (AvgIpc) is 2.78. The van der Waals surface area contributed by atoms with Crippen molar-refractivity contribution >= 4 is 28.4 Å². The zero-order valence-corrected chi connectivity index (χ0v) is 18.3. The number of methoxy groups -OCH3 is 2. The third-order valence-corrected chi connectivity index (χ3v) is 5.24. The number of hydrogen-bond acceptors (Lipinski definition) is 8. The number of morpholine rings is 1. The smallest absolute Gasteiger partial charge is 0.273 e. The third-order valence-electron chi connectivity index (χ3n) is 5.24. The van der Waals surface area contributed by atoms with E-state index in [1.54, 1.807) is 24.3 Å². The topological polar surface area (TPSA) is 119 Å². The van der Waals surface area contributed by atoms with Gasteiger partial charge in [-0.25, -0.2) is 9.97 Å². The van der Waals surface area contributed by atoms with Crippen LogP contribution in [0.4, 0.5) is 11.5 Å². The Balaban J connectivity index is 1.68. The normalized spacial score (nSPS) is 18.4. The second-order valence-corrected chi connectivity index (χ2v) is 7.66. The minimum atomic E-state index is -0.459. The van der Waals surface area contributed by atoms with Crippen molar-refractivity contribution < 1.29 is 19.0 Å². The number of nitrogens with one attached hydrogen (secondary N) is 2. The van der Waals surface area contributed by atoms with Gasteiger partial charge >= 0.3 is 0 Å². The van der Waals surface area contributed by atoms with E-state index >= 15 is 0 Å². The van der Waals surface area contributed by atoms with E-state index < -0.39 is 11.5 Å². The fourth-order valence-corrected chi connectivity index (χ4v) is 3.87. The molecular formula is C22H25N5O5. The van der Waals surface area contributed by atoms with Crippen LogP contribution < -0.4 is 25.2 Å². The lowest BCUT2D eigenvalue weighted by molar-refractivity contribution is -0.00537. The van der Waals surface area contributed by atoms with Gasteiger partial charge < -0.3 is 29.4 Å². The van der Waals surface area contributed by atoms with Crippen molar-refractivity contribution in [2.75, 3.05) is 37.5 Å².